The Morgan fingerprint density at radius 3 is 2.35 bits per heavy atom. The van der Waals surface area contributed by atoms with Gasteiger partial charge in [0.05, 0.1) is 5.56 Å². The Kier molecular flexibility index (Phi) is 5.03. The molecule has 0 aliphatic rings. The molecule has 0 unspecified atom stereocenters. The van der Waals surface area contributed by atoms with E-state index in [1.165, 1.54) is 19.3 Å². The number of hydrogen-bond donors (Lipinski definition) is 2. The van der Waals surface area contributed by atoms with Gasteiger partial charge in [-0.05, 0) is 37.6 Å². The predicted octanol–water partition coefficient (Wildman–Crippen LogP) is 3.98. The van der Waals surface area contributed by atoms with Crippen molar-refractivity contribution in [2.45, 2.75) is 13.8 Å². The van der Waals surface area contributed by atoms with Crippen LogP contribution in [-0.4, -0.2) is 21.7 Å². The normalized spacial score (nSPS) is 10.2. The van der Waals surface area contributed by atoms with Gasteiger partial charge in [0, 0.05) is 29.3 Å². The molecule has 6 heteroatoms. The number of nitrogens with zero attached hydrogens (tertiary/aromatic N) is 2. The Bertz CT molecular complexity index is 952. The van der Waals surface area contributed by atoms with Gasteiger partial charge in [-0.3, -0.25) is 9.59 Å². The Morgan fingerprint density at radius 2 is 1.65 bits per heavy atom. The van der Waals surface area contributed by atoms with Crippen molar-refractivity contribution in [2.24, 2.45) is 0 Å². The molecular weight excluding hydrogens is 328 g/mol. The first-order valence-corrected chi connectivity index (χ1v) is 8.10. The van der Waals surface area contributed by atoms with Crippen molar-refractivity contribution in [1.29, 1.82) is 0 Å². The largest absolute Gasteiger partial charge is 0.324 e. The number of aryl methyl sites for hydroxylation is 1. The van der Waals surface area contributed by atoms with Crippen molar-refractivity contribution in [2.75, 3.05) is 10.6 Å². The summed E-state index contributed by atoms with van der Waals surface area (Å²) in [6.45, 7) is 3.44. The van der Waals surface area contributed by atoms with Crippen LogP contribution in [-0.2, 0) is 0 Å². The Morgan fingerprint density at radius 1 is 0.923 bits per heavy atom. The van der Waals surface area contributed by atoms with Gasteiger partial charge in [-0.1, -0.05) is 30.3 Å². The number of hydrogen-bond acceptors (Lipinski definition) is 5. The lowest BCUT2D eigenvalue weighted by atomic mass is 10.1. The highest BCUT2D eigenvalue weighted by molar-refractivity contribution is 6.04. The molecule has 0 saturated carbocycles. The molecule has 0 saturated heterocycles. The van der Waals surface area contributed by atoms with Gasteiger partial charge in [-0.15, -0.1) is 0 Å². The van der Waals surface area contributed by atoms with Gasteiger partial charge in [0.25, 0.3) is 5.91 Å². The molecule has 0 bridgehead atoms. The smallest absolute Gasteiger partial charge is 0.258 e. The van der Waals surface area contributed by atoms with Crippen molar-refractivity contribution in [1.82, 2.24) is 9.97 Å². The fourth-order valence-electron chi connectivity index (χ4n) is 2.36. The van der Waals surface area contributed by atoms with E-state index in [1.807, 2.05) is 37.3 Å². The summed E-state index contributed by atoms with van der Waals surface area (Å²) in [5, 5.41) is 5.86. The highest BCUT2D eigenvalue weighted by Gasteiger charge is 2.09. The molecule has 2 aromatic carbocycles. The third kappa shape index (κ3) is 4.10. The Balaban J connectivity index is 1.70. The monoisotopic (exact) mass is 346 g/mol. The first-order valence-electron chi connectivity index (χ1n) is 8.10. The summed E-state index contributed by atoms with van der Waals surface area (Å²) in [6.07, 6.45) is 2.91. The minimum Gasteiger partial charge on any atom is -0.324 e. The van der Waals surface area contributed by atoms with Crippen molar-refractivity contribution in [3.8, 4) is 0 Å². The van der Waals surface area contributed by atoms with Gasteiger partial charge in [0.2, 0.25) is 5.95 Å². The highest BCUT2D eigenvalue weighted by Crippen LogP contribution is 2.16. The summed E-state index contributed by atoms with van der Waals surface area (Å²) in [7, 11) is 0. The zero-order valence-electron chi connectivity index (χ0n) is 14.5. The summed E-state index contributed by atoms with van der Waals surface area (Å²) in [4.78, 5) is 32.1. The molecule has 130 valence electrons. The van der Waals surface area contributed by atoms with Crippen LogP contribution in [0.2, 0.25) is 0 Å². The van der Waals surface area contributed by atoms with E-state index in [0.29, 0.717) is 22.8 Å². The molecule has 0 spiro atoms. The van der Waals surface area contributed by atoms with E-state index in [-0.39, 0.29) is 11.7 Å². The first kappa shape index (κ1) is 17.3. The number of anilines is 3. The van der Waals surface area contributed by atoms with Gasteiger partial charge < -0.3 is 10.6 Å². The lowest BCUT2D eigenvalue weighted by molar-refractivity contribution is 0.101. The van der Waals surface area contributed by atoms with Crippen LogP contribution in [0.1, 0.15) is 33.2 Å². The van der Waals surface area contributed by atoms with Crippen molar-refractivity contribution < 1.29 is 9.59 Å². The topological polar surface area (TPSA) is 84.0 Å². The first-order chi connectivity index (χ1) is 12.5. The van der Waals surface area contributed by atoms with Gasteiger partial charge in [0.1, 0.15) is 0 Å². The second-order valence-electron chi connectivity index (χ2n) is 5.83. The number of aromatic nitrogens is 2. The molecular formula is C20H18N4O2. The molecule has 3 rings (SSSR count). The van der Waals surface area contributed by atoms with E-state index in [0.717, 1.165) is 11.3 Å². The van der Waals surface area contributed by atoms with E-state index in [9.17, 15) is 9.59 Å². The highest BCUT2D eigenvalue weighted by atomic mass is 16.1. The van der Waals surface area contributed by atoms with Crippen LogP contribution in [0.15, 0.2) is 60.9 Å². The molecule has 1 amide bonds. The number of Topliss-reactive ketones (excluding diaryl/α,β-unsaturated/α-hetero) is 1. The number of rotatable bonds is 5. The summed E-state index contributed by atoms with van der Waals surface area (Å²) >= 11 is 0. The van der Waals surface area contributed by atoms with Crippen molar-refractivity contribution in [3.63, 3.8) is 0 Å². The van der Waals surface area contributed by atoms with E-state index in [4.69, 9.17) is 0 Å². The fraction of sp³-hybridized carbons (Fsp3) is 0.100. The summed E-state index contributed by atoms with van der Waals surface area (Å²) in [5.74, 6) is 0.0559. The fourth-order valence-corrected chi connectivity index (χ4v) is 2.36. The summed E-state index contributed by atoms with van der Waals surface area (Å²) in [6, 6.07) is 14.6. The minimum atomic E-state index is -0.274. The molecule has 6 nitrogen and oxygen atoms in total. The van der Waals surface area contributed by atoms with Crippen LogP contribution in [0.3, 0.4) is 0 Å². The van der Waals surface area contributed by atoms with Gasteiger partial charge in [-0.2, -0.15) is 0 Å². The molecule has 0 aliphatic heterocycles. The van der Waals surface area contributed by atoms with Crippen LogP contribution in [0.25, 0.3) is 0 Å². The number of carbonyl (C=O) groups excluding carboxylic acids is 2. The molecule has 0 atom stereocenters. The maximum absolute atomic E-state index is 12.3. The van der Waals surface area contributed by atoms with Crippen molar-refractivity contribution >= 4 is 29.0 Å². The number of benzene rings is 2. The summed E-state index contributed by atoms with van der Waals surface area (Å²) in [5.41, 5.74) is 3.39. The quantitative estimate of drug-likeness (QED) is 0.683. The Labute approximate surface area is 151 Å². The zero-order chi connectivity index (χ0) is 18.5. The molecule has 3 aromatic rings. The molecule has 0 radical (unpaired) electrons. The molecule has 1 aromatic heterocycles. The SMILES string of the molecule is CC(=O)c1cccc(Nc2ncc(C(=O)Nc3ccccc3C)cn2)c1. The Hall–Kier alpha value is -3.54. The van der Waals surface area contributed by atoms with Crippen LogP contribution in [0.4, 0.5) is 17.3 Å². The molecule has 0 aliphatic carbocycles. The molecule has 1 heterocycles. The van der Waals surface area contributed by atoms with Crippen LogP contribution < -0.4 is 10.6 Å². The minimum absolute atomic E-state index is 0.0159. The maximum atomic E-state index is 12.3. The van der Waals surface area contributed by atoms with E-state index < -0.39 is 0 Å². The van der Waals surface area contributed by atoms with Gasteiger partial charge in [0.15, 0.2) is 5.78 Å². The third-order valence-corrected chi connectivity index (χ3v) is 3.83. The number of para-hydroxylation sites is 1. The predicted molar refractivity (Wildman–Crippen MR) is 101 cm³/mol. The maximum Gasteiger partial charge on any atom is 0.258 e. The van der Waals surface area contributed by atoms with Gasteiger partial charge >= 0.3 is 0 Å². The molecule has 2 N–H and O–H groups in total. The average molecular weight is 346 g/mol. The number of amides is 1. The number of ketones is 1. The molecule has 0 fully saturated rings. The average Bonchev–Trinajstić information content (AvgIpc) is 2.64. The van der Waals surface area contributed by atoms with Crippen molar-refractivity contribution in [3.05, 3.63) is 77.6 Å². The summed E-state index contributed by atoms with van der Waals surface area (Å²) < 4.78 is 0. The number of carbonyl (C=O) groups is 2. The third-order valence-electron chi connectivity index (χ3n) is 3.83. The van der Waals surface area contributed by atoms with Crippen LogP contribution in [0.5, 0.6) is 0 Å². The molecule has 26 heavy (non-hydrogen) atoms. The van der Waals surface area contributed by atoms with E-state index in [1.54, 1.807) is 18.2 Å². The second kappa shape index (κ2) is 7.57. The standard InChI is InChI=1S/C20H18N4O2/c1-13-6-3-4-9-18(13)24-19(26)16-11-21-20(22-12-16)23-17-8-5-7-15(10-17)14(2)25/h3-12H,1-2H3,(H,24,26)(H,21,22,23). The lowest BCUT2D eigenvalue weighted by Crippen LogP contribution is -2.13. The zero-order valence-corrected chi connectivity index (χ0v) is 14.5. The van der Waals surface area contributed by atoms with E-state index in [2.05, 4.69) is 20.6 Å². The number of nitrogens with one attached hydrogen (secondary N) is 2. The van der Waals surface area contributed by atoms with Gasteiger partial charge in [-0.25, -0.2) is 9.97 Å². The van der Waals surface area contributed by atoms with Crippen LogP contribution >= 0.6 is 0 Å². The van der Waals surface area contributed by atoms with E-state index >= 15 is 0 Å². The van der Waals surface area contributed by atoms with Crippen LogP contribution in [0, 0.1) is 6.92 Å². The second-order valence-corrected chi connectivity index (χ2v) is 5.83. The lowest BCUT2D eigenvalue weighted by Gasteiger charge is -2.09.